The molecule has 0 atom stereocenters. The highest BCUT2D eigenvalue weighted by Crippen LogP contribution is 2.30. The Labute approximate surface area is 153 Å². The number of hydrogen-bond donors (Lipinski definition) is 0. The van der Waals surface area contributed by atoms with E-state index in [0.717, 1.165) is 48.8 Å². The lowest BCUT2D eigenvalue weighted by molar-refractivity contribution is 0.325. The Kier molecular flexibility index (Phi) is 4.78. The fourth-order valence-electron chi connectivity index (χ4n) is 3.26. The van der Waals surface area contributed by atoms with Crippen LogP contribution in [0.25, 0.3) is 11.5 Å². The van der Waals surface area contributed by atoms with Gasteiger partial charge in [0.1, 0.15) is 23.9 Å². The van der Waals surface area contributed by atoms with Crippen LogP contribution in [0.1, 0.15) is 17.7 Å². The van der Waals surface area contributed by atoms with E-state index >= 15 is 0 Å². The second-order valence-corrected chi connectivity index (χ2v) is 6.45. The summed E-state index contributed by atoms with van der Waals surface area (Å²) in [6, 6.07) is 15.7. The van der Waals surface area contributed by atoms with Gasteiger partial charge in [0.2, 0.25) is 0 Å². The van der Waals surface area contributed by atoms with Gasteiger partial charge >= 0.3 is 0 Å². The van der Waals surface area contributed by atoms with Crippen LogP contribution in [-0.4, -0.2) is 35.2 Å². The summed E-state index contributed by atoms with van der Waals surface area (Å²) in [5, 5.41) is 0. The van der Waals surface area contributed by atoms with Crippen LogP contribution in [0, 0.1) is 0 Å². The minimum atomic E-state index is 0.609. The predicted octanol–water partition coefficient (Wildman–Crippen LogP) is 3.54. The van der Waals surface area contributed by atoms with E-state index in [1.54, 1.807) is 6.20 Å². The van der Waals surface area contributed by atoms with E-state index in [1.165, 1.54) is 5.56 Å². The fourth-order valence-corrected chi connectivity index (χ4v) is 3.26. The summed E-state index contributed by atoms with van der Waals surface area (Å²) >= 11 is 0. The van der Waals surface area contributed by atoms with Crippen molar-refractivity contribution in [1.82, 2.24) is 15.0 Å². The molecule has 5 heteroatoms. The number of fused-ring (bicyclic) bond motifs is 1. The van der Waals surface area contributed by atoms with Gasteiger partial charge < -0.3 is 9.64 Å². The van der Waals surface area contributed by atoms with Crippen molar-refractivity contribution in [3.63, 3.8) is 0 Å². The lowest BCUT2D eigenvalue weighted by Crippen LogP contribution is -2.26. The zero-order valence-corrected chi connectivity index (χ0v) is 14.9. The lowest BCUT2D eigenvalue weighted by Gasteiger charge is -2.21. The molecule has 132 valence electrons. The lowest BCUT2D eigenvalue weighted by atomic mass is 10.2. The maximum absolute atomic E-state index is 5.83. The van der Waals surface area contributed by atoms with Gasteiger partial charge in [-0.2, -0.15) is 0 Å². The SMILES string of the molecule is CN(CCOc1ccccc1)c1nc(-c2ccccn2)nc2c1CCC2. The van der Waals surface area contributed by atoms with Gasteiger partial charge in [-0.3, -0.25) is 4.98 Å². The quantitative estimate of drug-likeness (QED) is 0.683. The summed E-state index contributed by atoms with van der Waals surface area (Å²) in [5.74, 6) is 2.60. The van der Waals surface area contributed by atoms with E-state index in [1.807, 2.05) is 48.5 Å². The molecule has 1 aromatic carbocycles. The number of aryl methyl sites for hydroxylation is 1. The molecular formula is C21H22N4O. The third-order valence-corrected chi connectivity index (χ3v) is 4.61. The zero-order chi connectivity index (χ0) is 17.8. The Morgan fingerprint density at radius 2 is 1.85 bits per heavy atom. The standard InChI is InChI=1S/C21H22N4O/c1-25(14-15-26-16-8-3-2-4-9-16)21-17-10-7-12-18(17)23-20(24-21)19-11-5-6-13-22-19/h2-6,8-9,11,13H,7,10,12,14-15H2,1H3. The summed E-state index contributed by atoms with van der Waals surface area (Å²) in [7, 11) is 2.07. The fraction of sp³-hybridized carbons (Fsp3) is 0.286. The molecule has 0 radical (unpaired) electrons. The Bertz CT molecular complexity index is 868. The molecule has 5 nitrogen and oxygen atoms in total. The molecule has 0 unspecified atom stereocenters. The Morgan fingerprint density at radius 1 is 1.00 bits per heavy atom. The summed E-state index contributed by atoms with van der Waals surface area (Å²) in [5.41, 5.74) is 3.25. The number of nitrogens with zero attached hydrogens (tertiary/aromatic N) is 4. The van der Waals surface area contributed by atoms with E-state index in [4.69, 9.17) is 14.7 Å². The van der Waals surface area contributed by atoms with Crippen molar-refractivity contribution in [3.05, 3.63) is 66.0 Å². The molecule has 0 bridgehead atoms. The van der Waals surface area contributed by atoms with Crippen LogP contribution in [0.5, 0.6) is 5.75 Å². The maximum atomic E-state index is 5.83. The smallest absolute Gasteiger partial charge is 0.180 e. The number of para-hydroxylation sites is 1. The van der Waals surface area contributed by atoms with Gasteiger partial charge in [0, 0.05) is 24.5 Å². The predicted molar refractivity (Wildman–Crippen MR) is 102 cm³/mol. The molecular weight excluding hydrogens is 324 g/mol. The first-order valence-electron chi connectivity index (χ1n) is 9.01. The van der Waals surface area contributed by atoms with Crippen LogP contribution >= 0.6 is 0 Å². The molecule has 0 amide bonds. The molecule has 0 aliphatic heterocycles. The molecule has 0 saturated carbocycles. The number of benzene rings is 1. The molecule has 2 aromatic heterocycles. The van der Waals surface area contributed by atoms with Crippen molar-refractivity contribution in [3.8, 4) is 17.3 Å². The van der Waals surface area contributed by atoms with Crippen molar-refractivity contribution < 1.29 is 4.74 Å². The highest BCUT2D eigenvalue weighted by atomic mass is 16.5. The van der Waals surface area contributed by atoms with Crippen LogP contribution in [0.2, 0.25) is 0 Å². The average Bonchev–Trinajstić information content (AvgIpc) is 3.17. The molecule has 0 N–H and O–H groups in total. The van der Waals surface area contributed by atoms with E-state index < -0.39 is 0 Å². The first kappa shape index (κ1) is 16.5. The van der Waals surface area contributed by atoms with Gasteiger partial charge in [0.25, 0.3) is 0 Å². The molecule has 0 saturated heterocycles. The van der Waals surface area contributed by atoms with Crippen molar-refractivity contribution >= 4 is 5.82 Å². The van der Waals surface area contributed by atoms with Crippen molar-refractivity contribution in [2.45, 2.75) is 19.3 Å². The largest absolute Gasteiger partial charge is 0.492 e. The van der Waals surface area contributed by atoms with Crippen LogP contribution < -0.4 is 9.64 Å². The molecule has 0 spiro atoms. The number of anilines is 1. The van der Waals surface area contributed by atoms with Crippen LogP contribution in [-0.2, 0) is 12.8 Å². The minimum absolute atomic E-state index is 0.609. The summed E-state index contributed by atoms with van der Waals surface area (Å²) in [4.78, 5) is 16.2. The van der Waals surface area contributed by atoms with E-state index in [0.29, 0.717) is 12.4 Å². The van der Waals surface area contributed by atoms with E-state index in [2.05, 4.69) is 16.9 Å². The highest BCUT2D eigenvalue weighted by Gasteiger charge is 2.22. The Morgan fingerprint density at radius 3 is 2.65 bits per heavy atom. The third kappa shape index (κ3) is 3.52. The highest BCUT2D eigenvalue weighted by molar-refractivity contribution is 5.58. The maximum Gasteiger partial charge on any atom is 0.180 e. The number of likely N-dealkylation sites (N-methyl/N-ethyl adjacent to an activating group) is 1. The van der Waals surface area contributed by atoms with Gasteiger partial charge in [-0.25, -0.2) is 9.97 Å². The van der Waals surface area contributed by atoms with Gasteiger partial charge in [-0.15, -0.1) is 0 Å². The van der Waals surface area contributed by atoms with Gasteiger partial charge in [0.05, 0.1) is 6.54 Å². The molecule has 1 aliphatic rings. The molecule has 2 heterocycles. The number of rotatable bonds is 6. The molecule has 3 aromatic rings. The Hall–Kier alpha value is -2.95. The molecule has 26 heavy (non-hydrogen) atoms. The van der Waals surface area contributed by atoms with Crippen molar-refractivity contribution in [1.29, 1.82) is 0 Å². The second-order valence-electron chi connectivity index (χ2n) is 6.45. The van der Waals surface area contributed by atoms with Gasteiger partial charge in [-0.1, -0.05) is 24.3 Å². The number of pyridine rings is 1. The topological polar surface area (TPSA) is 51.1 Å². The van der Waals surface area contributed by atoms with Gasteiger partial charge in [-0.05, 0) is 43.5 Å². The minimum Gasteiger partial charge on any atom is -0.492 e. The molecule has 0 fully saturated rings. The Balaban J connectivity index is 1.54. The zero-order valence-electron chi connectivity index (χ0n) is 14.9. The average molecular weight is 346 g/mol. The normalized spacial score (nSPS) is 12.7. The first-order chi connectivity index (χ1) is 12.8. The van der Waals surface area contributed by atoms with Crippen molar-refractivity contribution in [2.24, 2.45) is 0 Å². The molecule has 1 aliphatic carbocycles. The summed E-state index contributed by atoms with van der Waals surface area (Å²) < 4.78 is 5.83. The van der Waals surface area contributed by atoms with Gasteiger partial charge in [0.15, 0.2) is 5.82 Å². The number of aromatic nitrogens is 3. The molecule has 4 rings (SSSR count). The van der Waals surface area contributed by atoms with Crippen LogP contribution in [0.4, 0.5) is 5.82 Å². The van der Waals surface area contributed by atoms with Crippen LogP contribution in [0.15, 0.2) is 54.7 Å². The summed E-state index contributed by atoms with van der Waals surface area (Å²) in [6.45, 7) is 1.37. The third-order valence-electron chi connectivity index (χ3n) is 4.61. The van der Waals surface area contributed by atoms with Crippen molar-refractivity contribution in [2.75, 3.05) is 25.1 Å². The number of hydrogen-bond acceptors (Lipinski definition) is 5. The monoisotopic (exact) mass is 346 g/mol. The summed E-state index contributed by atoms with van der Waals surface area (Å²) in [6.07, 6.45) is 4.97. The van der Waals surface area contributed by atoms with E-state index in [-0.39, 0.29) is 0 Å². The first-order valence-corrected chi connectivity index (χ1v) is 9.01. The number of ether oxygens (including phenoxy) is 1. The van der Waals surface area contributed by atoms with Crippen LogP contribution in [0.3, 0.4) is 0 Å². The second kappa shape index (κ2) is 7.52. The van der Waals surface area contributed by atoms with E-state index in [9.17, 15) is 0 Å².